The maximum atomic E-state index is 5.84. The first kappa shape index (κ1) is 14.9. The first-order valence-electron chi connectivity index (χ1n) is 7.71. The van der Waals surface area contributed by atoms with E-state index in [2.05, 4.69) is 41.1 Å². The van der Waals surface area contributed by atoms with Crippen molar-refractivity contribution in [1.29, 1.82) is 0 Å². The van der Waals surface area contributed by atoms with Crippen LogP contribution in [0.15, 0.2) is 6.07 Å². The molecule has 0 aromatic carbocycles. The number of nitrogens with two attached hydrogens (primary N) is 1. The summed E-state index contributed by atoms with van der Waals surface area (Å²) in [5.41, 5.74) is 5.84. The lowest BCUT2D eigenvalue weighted by Gasteiger charge is -2.35. The van der Waals surface area contributed by atoms with Crippen LogP contribution in [-0.4, -0.2) is 29.6 Å². The van der Waals surface area contributed by atoms with Crippen LogP contribution in [0.2, 0.25) is 0 Å². The third-order valence-electron chi connectivity index (χ3n) is 4.10. The van der Waals surface area contributed by atoms with Gasteiger partial charge < -0.3 is 16.0 Å². The van der Waals surface area contributed by atoms with Crippen molar-refractivity contribution >= 4 is 17.6 Å². The maximum Gasteiger partial charge on any atom is 0.223 e. The van der Waals surface area contributed by atoms with E-state index < -0.39 is 0 Å². The molecule has 1 saturated carbocycles. The minimum Gasteiger partial charge on any atom is -0.370 e. The first-order chi connectivity index (χ1) is 9.60. The molecule has 1 aromatic heterocycles. The van der Waals surface area contributed by atoms with Crippen LogP contribution in [0.1, 0.15) is 46.0 Å². The molecule has 5 heteroatoms. The first-order valence-corrected chi connectivity index (χ1v) is 7.71. The van der Waals surface area contributed by atoms with Crippen LogP contribution in [0.25, 0.3) is 0 Å². The summed E-state index contributed by atoms with van der Waals surface area (Å²) in [6.07, 6.45) is 6.19. The summed E-state index contributed by atoms with van der Waals surface area (Å²) in [5.74, 6) is 2.89. The molecule has 20 heavy (non-hydrogen) atoms. The number of hydrogen-bond donors (Lipinski definition) is 2. The van der Waals surface area contributed by atoms with Gasteiger partial charge in [0.25, 0.3) is 0 Å². The van der Waals surface area contributed by atoms with Gasteiger partial charge in [0.15, 0.2) is 0 Å². The Kier molecular flexibility index (Phi) is 5.04. The number of nitrogens with zero attached hydrogens (tertiary/aromatic N) is 3. The molecular formula is C15H27N5. The van der Waals surface area contributed by atoms with Gasteiger partial charge in [-0.05, 0) is 25.2 Å². The Bertz CT molecular complexity index is 434. The van der Waals surface area contributed by atoms with Gasteiger partial charge in [0.05, 0.1) is 0 Å². The summed E-state index contributed by atoms with van der Waals surface area (Å²) in [4.78, 5) is 10.9. The van der Waals surface area contributed by atoms with E-state index >= 15 is 0 Å². The lowest BCUT2D eigenvalue weighted by atomic mass is 9.86. The zero-order valence-corrected chi connectivity index (χ0v) is 12.9. The largest absolute Gasteiger partial charge is 0.370 e. The quantitative estimate of drug-likeness (QED) is 0.866. The van der Waals surface area contributed by atoms with Crippen molar-refractivity contribution in [3.63, 3.8) is 0 Å². The summed E-state index contributed by atoms with van der Waals surface area (Å²) in [6.45, 7) is 5.37. The molecule has 1 aliphatic rings. The highest BCUT2D eigenvalue weighted by Gasteiger charge is 2.23. The fourth-order valence-corrected chi connectivity index (χ4v) is 2.92. The Morgan fingerprint density at radius 3 is 2.90 bits per heavy atom. The molecule has 0 saturated heterocycles. The molecule has 2 atom stereocenters. The van der Waals surface area contributed by atoms with Crippen LogP contribution in [0, 0.1) is 5.92 Å². The van der Waals surface area contributed by atoms with Crippen molar-refractivity contribution in [2.45, 2.75) is 52.0 Å². The second-order valence-electron chi connectivity index (χ2n) is 5.93. The Labute approximate surface area is 122 Å². The van der Waals surface area contributed by atoms with E-state index in [4.69, 9.17) is 5.73 Å². The Morgan fingerprint density at radius 2 is 2.20 bits per heavy atom. The number of rotatable bonds is 5. The SMILES string of the molecule is CCCNc1cc(N(C)C2CCCC(C)C2)nc(N)n1. The van der Waals surface area contributed by atoms with E-state index in [0.29, 0.717) is 12.0 Å². The highest BCUT2D eigenvalue weighted by molar-refractivity contribution is 5.52. The predicted molar refractivity (Wildman–Crippen MR) is 85.0 cm³/mol. The fraction of sp³-hybridized carbons (Fsp3) is 0.733. The summed E-state index contributed by atoms with van der Waals surface area (Å²) in [7, 11) is 2.12. The molecule has 112 valence electrons. The van der Waals surface area contributed by atoms with Gasteiger partial charge in [-0.25, -0.2) is 0 Å². The van der Waals surface area contributed by atoms with Gasteiger partial charge in [0, 0.05) is 25.7 Å². The van der Waals surface area contributed by atoms with E-state index in [1.807, 2.05) is 6.07 Å². The second-order valence-corrected chi connectivity index (χ2v) is 5.93. The molecule has 1 aromatic rings. The molecule has 0 bridgehead atoms. The Morgan fingerprint density at radius 1 is 1.40 bits per heavy atom. The lowest BCUT2D eigenvalue weighted by Crippen LogP contribution is -2.36. The summed E-state index contributed by atoms with van der Waals surface area (Å²) >= 11 is 0. The van der Waals surface area contributed by atoms with E-state index in [1.165, 1.54) is 25.7 Å². The molecule has 2 unspecified atom stereocenters. The number of aromatic nitrogens is 2. The van der Waals surface area contributed by atoms with Crippen LogP contribution in [0.5, 0.6) is 0 Å². The summed E-state index contributed by atoms with van der Waals surface area (Å²) < 4.78 is 0. The van der Waals surface area contributed by atoms with Crippen molar-refractivity contribution in [2.75, 3.05) is 29.5 Å². The van der Waals surface area contributed by atoms with E-state index in [-0.39, 0.29) is 0 Å². The molecule has 1 heterocycles. The Hall–Kier alpha value is -1.52. The number of nitrogen functional groups attached to an aromatic ring is 1. The molecule has 1 fully saturated rings. The fourth-order valence-electron chi connectivity index (χ4n) is 2.92. The molecule has 5 nitrogen and oxygen atoms in total. The topological polar surface area (TPSA) is 67.1 Å². The van der Waals surface area contributed by atoms with Gasteiger partial charge in [-0.15, -0.1) is 0 Å². The molecule has 1 aliphatic carbocycles. The van der Waals surface area contributed by atoms with Crippen LogP contribution in [0.4, 0.5) is 17.6 Å². The van der Waals surface area contributed by atoms with Crippen molar-refractivity contribution in [3.05, 3.63) is 6.07 Å². The zero-order chi connectivity index (χ0) is 14.5. The van der Waals surface area contributed by atoms with Crippen molar-refractivity contribution < 1.29 is 0 Å². The van der Waals surface area contributed by atoms with Gasteiger partial charge in [-0.1, -0.05) is 26.7 Å². The molecule has 2 rings (SSSR count). The van der Waals surface area contributed by atoms with E-state index in [1.54, 1.807) is 0 Å². The van der Waals surface area contributed by atoms with E-state index in [9.17, 15) is 0 Å². The lowest BCUT2D eigenvalue weighted by molar-refractivity contribution is 0.335. The van der Waals surface area contributed by atoms with Gasteiger partial charge in [0.2, 0.25) is 5.95 Å². The molecule has 0 spiro atoms. The third-order valence-corrected chi connectivity index (χ3v) is 4.10. The molecule has 0 amide bonds. The minimum absolute atomic E-state index is 0.344. The average Bonchev–Trinajstić information content (AvgIpc) is 2.43. The van der Waals surface area contributed by atoms with Crippen LogP contribution >= 0.6 is 0 Å². The van der Waals surface area contributed by atoms with E-state index in [0.717, 1.165) is 30.5 Å². The van der Waals surface area contributed by atoms with Gasteiger partial charge in [-0.2, -0.15) is 9.97 Å². The molecular weight excluding hydrogens is 250 g/mol. The van der Waals surface area contributed by atoms with Crippen molar-refractivity contribution in [3.8, 4) is 0 Å². The van der Waals surface area contributed by atoms with Gasteiger partial charge in [-0.3, -0.25) is 0 Å². The van der Waals surface area contributed by atoms with Crippen LogP contribution < -0.4 is 16.0 Å². The normalized spacial score (nSPS) is 22.6. The molecule has 3 N–H and O–H groups in total. The zero-order valence-electron chi connectivity index (χ0n) is 12.9. The number of anilines is 3. The standard InChI is InChI=1S/C15H27N5/c1-4-8-17-13-10-14(19-15(16)18-13)20(3)12-7-5-6-11(2)9-12/h10-12H,4-9H2,1-3H3,(H3,16,17,18,19). The predicted octanol–water partition coefficient (Wildman–Crippen LogP) is 2.90. The van der Waals surface area contributed by atoms with Crippen molar-refractivity contribution in [1.82, 2.24) is 9.97 Å². The van der Waals surface area contributed by atoms with Gasteiger partial charge in [0.1, 0.15) is 11.6 Å². The third kappa shape index (κ3) is 3.74. The highest BCUT2D eigenvalue weighted by Crippen LogP contribution is 2.29. The minimum atomic E-state index is 0.344. The maximum absolute atomic E-state index is 5.84. The van der Waals surface area contributed by atoms with Crippen LogP contribution in [-0.2, 0) is 0 Å². The Balaban J connectivity index is 2.11. The molecule has 0 aliphatic heterocycles. The highest BCUT2D eigenvalue weighted by atomic mass is 15.2. The van der Waals surface area contributed by atoms with Crippen molar-refractivity contribution in [2.24, 2.45) is 5.92 Å². The second kappa shape index (κ2) is 6.77. The smallest absolute Gasteiger partial charge is 0.223 e. The number of nitrogens with one attached hydrogen (secondary N) is 1. The summed E-state index contributed by atoms with van der Waals surface area (Å²) in [6, 6.07) is 2.57. The average molecular weight is 277 g/mol. The van der Waals surface area contributed by atoms with Gasteiger partial charge >= 0.3 is 0 Å². The monoisotopic (exact) mass is 277 g/mol. The summed E-state index contributed by atoms with van der Waals surface area (Å²) in [5, 5.41) is 3.28. The number of hydrogen-bond acceptors (Lipinski definition) is 5. The van der Waals surface area contributed by atoms with Crippen LogP contribution in [0.3, 0.4) is 0 Å². The molecule has 0 radical (unpaired) electrons.